The molecule has 6 nitrogen and oxygen atoms in total. The predicted molar refractivity (Wildman–Crippen MR) is 100 cm³/mol. The lowest BCUT2D eigenvalue weighted by atomic mass is 10.1. The zero-order valence-electron chi connectivity index (χ0n) is 14.6. The van der Waals surface area contributed by atoms with Crippen LogP contribution in [-0.2, 0) is 11.3 Å². The van der Waals surface area contributed by atoms with Crippen LogP contribution >= 0.6 is 11.8 Å². The van der Waals surface area contributed by atoms with E-state index in [1.165, 1.54) is 11.8 Å². The molecule has 0 bridgehead atoms. The summed E-state index contributed by atoms with van der Waals surface area (Å²) < 4.78 is 5.71. The van der Waals surface area contributed by atoms with Gasteiger partial charge in [-0.2, -0.15) is 0 Å². The maximum absolute atomic E-state index is 12.6. The van der Waals surface area contributed by atoms with Gasteiger partial charge in [0.2, 0.25) is 11.8 Å². The zero-order chi connectivity index (χ0) is 18.4. The second-order valence-corrected chi connectivity index (χ2v) is 7.19. The van der Waals surface area contributed by atoms with E-state index in [0.29, 0.717) is 17.7 Å². The van der Waals surface area contributed by atoms with Crippen LogP contribution in [0.25, 0.3) is 11.5 Å². The molecule has 0 saturated heterocycles. The molecule has 1 N–H and O–H groups in total. The topological polar surface area (TPSA) is 80.9 Å². The second-order valence-electron chi connectivity index (χ2n) is 6.10. The van der Waals surface area contributed by atoms with Crippen molar-refractivity contribution in [1.29, 1.82) is 0 Å². The first kappa shape index (κ1) is 18.1. The van der Waals surface area contributed by atoms with Crippen molar-refractivity contribution >= 4 is 17.7 Å². The molecule has 0 saturated carbocycles. The number of thioether (sulfide) groups is 1. The van der Waals surface area contributed by atoms with Crippen LogP contribution in [0.4, 0.5) is 0 Å². The Morgan fingerprint density at radius 1 is 1.15 bits per heavy atom. The largest absolute Gasteiger partial charge is 0.411 e. The molecule has 134 valence electrons. The summed E-state index contributed by atoms with van der Waals surface area (Å²) >= 11 is 1.29. The molecule has 0 aliphatic rings. The number of amides is 1. The SMILES string of the molecule is CC(C)[C@@H](Sc1nnc(-c2ccccc2)o1)C(=O)NCc1cccnc1. The third kappa shape index (κ3) is 4.70. The van der Waals surface area contributed by atoms with Crippen molar-refractivity contribution < 1.29 is 9.21 Å². The molecule has 0 aliphatic heterocycles. The number of carbonyl (C=O) groups is 1. The van der Waals surface area contributed by atoms with Crippen LogP contribution in [0.15, 0.2) is 64.5 Å². The highest BCUT2D eigenvalue weighted by Gasteiger charge is 2.26. The highest BCUT2D eigenvalue weighted by molar-refractivity contribution is 8.00. The molecule has 0 spiro atoms. The first-order valence-electron chi connectivity index (χ1n) is 8.35. The fourth-order valence-electron chi connectivity index (χ4n) is 2.35. The van der Waals surface area contributed by atoms with Gasteiger partial charge in [-0.25, -0.2) is 0 Å². The molecule has 1 atom stereocenters. The van der Waals surface area contributed by atoms with Crippen LogP contribution in [0.5, 0.6) is 0 Å². The van der Waals surface area contributed by atoms with E-state index in [4.69, 9.17) is 4.42 Å². The second kappa shape index (κ2) is 8.62. The molecule has 0 radical (unpaired) electrons. The van der Waals surface area contributed by atoms with Crippen LogP contribution in [0.3, 0.4) is 0 Å². The number of aromatic nitrogens is 3. The third-order valence-corrected chi connectivity index (χ3v) is 5.09. The Morgan fingerprint density at radius 2 is 1.96 bits per heavy atom. The van der Waals surface area contributed by atoms with E-state index in [-0.39, 0.29) is 17.1 Å². The monoisotopic (exact) mass is 368 g/mol. The minimum Gasteiger partial charge on any atom is -0.411 e. The van der Waals surface area contributed by atoms with Crippen molar-refractivity contribution in [3.05, 3.63) is 60.4 Å². The molecule has 1 aromatic carbocycles. The number of pyridine rings is 1. The highest BCUT2D eigenvalue weighted by atomic mass is 32.2. The van der Waals surface area contributed by atoms with Gasteiger partial charge in [-0.3, -0.25) is 9.78 Å². The summed E-state index contributed by atoms with van der Waals surface area (Å²) in [7, 11) is 0. The van der Waals surface area contributed by atoms with Crippen molar-refractivity contribution in [2.24, 2.45) is 5.92 Å². The van der Waals surface area contributed by atoms with Crippen LogP contribution in [0.1, 0.15) is 19.4 Å². The maximum Gasteiger partial charge on any atom is 0.277 e. The summed E-state index contributed by atoms with van der Waals surface area (Å²) in [6, 6.07) is 13.3. The van der Waals surface area contributed by atoms with Gasteiger partial charge in [-0.15, -0.1) is 10.2 Å². The number of hydrogen-bond donors (Lipinski definition) is 1. The number of nitrogens with one attached hydrogen (secondary N) is 1. The Labute approximate surface area is 156 Å². The van der Waals surface area contributed by atoms with Crippen molar-refractivity contribution in [1.82, 2.24) is 20.5 Å². The van der Waals surface area contributed by atoms with Crippen molar-refractivity contribution in [2.75, 3.05) is 0 Å². The molecule has 2 heterocycles. The predicted octanol–water partition coefficient (Wildman–Crippen LogP) is 3.56. The van der Waals surface area contributed by atoms with E-state index >= 15 is 0 Å². The van der Waals surface area contributed by atoms with Gasteiger partial charge in [0.1, 0.15) is 0 Å². The van der Waals surface area contributed by atoms with Gasteiger partial charge < -0.3 is 9.73 Å². The number of nitrogens with zero attached hydrogens (tertiary/aromatic N) is 3. The lowest BCUT2D eigenvalue weighted by Crippen LogP contribution is -2.35. The molecule has 0 unspecified atom stereocenters. The average Bonchev–Trinajstić information content (AvgIpc) is 3.14. The van der Waals surface area contributed by atoms with E-state index in [1.807, 2.05) is 56.3 Å². The third-order valence-electron chi connectivity index (χ3n) is 3.71. The number of carbonyl (C=O) groups excluding carboxylic acids is 1. The quantitative estimate of drug-likeness (QED) is 0.642. The Bertz CT molecular complexity index is 837. The van der Waals surface area contributed by atoms with Crippen LogP contribution in [0, 0.1) is 5.92 Å². The maximum atomic E-state index is 12.6. The number of benzene rings is 1. The van der Waals surface area contributed by atoms with Crippen LogP contribution in [0.2, 0.25) is 0 Å². The van der Waals surface area contributed by atoms with Gasteiger partial charge in [0.25, 0.3) is 5.22 Å². The lowest BCUT2D eigenvalue weighted by molar-refractivity contribution is -0.121. The van der Waals surface area contributed by atoms with Crippen LogP contribution in [-0.4, -0.2) is 26.3 Å². The standard InChI is InChI=1S/C19H20N4O2S/c1-13(2)16(17(24)21-12-14-7-6-10-20-11-14)26-19-23-22-18(25-19)15-8-4-3-5-9-15/h3-11,13,16H,12H2,1-2H3,(H,21,24)/t16-/m1/s1. The van der Waals surface area contributed by atoms with E-state index in [2.05, 4.69) is 20.5 Å². The van der Waals surface area contributed by atoms with Crippen molar-refractivity contribution in [3.63, 3.8) is 0 Å². The van der Waals surface area contributed by atoms with E-state index in [0.717, 1.165) is 11.1 Å². The van der Waals surface area contributed by atoms with E-state index < -0.39 is 0 Å². The van der Waals surface area contributed by atoms with Crippen LogP contribution < -0.4 is 5.32 Å². The highest BCUT2D eigenvalue weighted by Crippen LogP contribution is 2.29. The summed E-state index contributed by atoms with van der Waals surface area (Å²) in [4.78, 5) is 16.6. The fourth-order valence-corrected chi connectivity index (χ4v) is 3.24. The first-order valence-corrected chi connectivity index (χ1v) is 9.23. The fraction of sp³-hybridized carbons (Fsp3) is 0.263. The zero-order valence-corrected chi connectivity index (χ0v) is 15.4. The molecule has 0 fully saturated rings. The van der Waals surface area contributed by atoms with Gasteiger partial charge in [0.15, 0.2) is 0 Å². The Kier molecular flexibility index (Phi) is 6.01. The molecule has 0 aliphatic carbocycles. The molecular weight excluding hydrogens is 348 g/mol. The molecule has 26 heavy (non-hydrogen) atoms. The molecule has 3 rings (SSSR count). The van der Waals surface area contributed by atoms with E-state index in [9.17, 15) is 4.79 Å². The minimum absolute atomic E-state index is 0.0617. The van der Waals surface area contributed by atoms with Crippen molar-refractivity contribution in [3.8, 4) is 11.5 Å². The molecule has 3 aromatic rings. The molecule has 2 aromatic heterocycles. The molecule has 1 amide bonds. The Morgan fingerprint density at radius 3 is 2.65 bits per heavy atom. The van der Waals surface area contributed by atoms with E-state index in [1.54, 1.807) is 12.4 Å². The molecular formula is C19H20N4O2S. The normalized spacial score (nSPS) is 12.1. The number of hydrogen-bond acceptors (Lipinski definition) is 6. The van der Waals surface area contributed by atoms with Gasteiger partial charge in [0.05, 0.1) is 5.25 Å². The summed E-state index contributed by atoms with van der Waals surface area (Å²) in [5.41, 5.74) is 1.81. The first-order chi connectivity index (χ1) is 12.6. The summed E-state index contributed by atoms with van der Waals surface area (Å²) in [6.07, 6.45) is 3.44. The lowest BCUT2D eigenvalue weighted by Gasteiger charge is -2.17. The summed E-state index contributed by atoms with van der Waals surface area (Å²) in [6.45, 7) is 4.43. The Hall–Kier alpha value is -2.67. The summed E-state index contributed by atoms with van der Waals surface area (Å²) in [5.74, 6) is 0.501. The van der Waals surface area contributed by atoms with Gasteiger partial charge in [0, 0.05) is 24.5 Å². The minimum atomic E-state index is -0.323. The molecule has 7 heteroatoms. The van der Waals surface area contributed by atoms with Gasteiger partial charge in [-0.05, 0) is 29.7 Å². The van der Waals surface area contributed by atoms with Crippen molar-refractivity contribution in [2.45, 2.75) is 30.9 Å². The summed E-state index contributed by atoms with van der Waals surface area (Å²) in [5, 5.41) is 11.2. The smallest absolute Gasteiger partial charge is 0.277 e. The average molecular weight is 368 g/mol. The number of rotatable bonds is 7. The Balaban J connectivity index is 1.65. The van der Waals surface area contributed by atoms with Gasteiger partial charge in [-0.1, -0.05) is 49.9 Å². The van der Waals surface area contributed by atoms with Gasteiger partial charge >= 0.3 is 0 Å².